The molecule has 0 spiro atoms. The number of sulfone groups is 1. The van der Waals surface area contributed by atoms with Gasteiger partial charge in [-0.2, -0.15) is 5.10 Å². The van der Waals surface area contributed by atoms with Gasteiger partial charge in [0.1, 0.15) is 0 Å². The summed E-state index contributed by atoms with van der Waals surface area (Å²) >= 11 is 0. The SMILES string of the molecule is Cc1cc(C(=O)Nc2ccccc2C(C)(C)C)nn1C1CCS(=O)(=O)C1. The van der Waals surface area contributed by atoms with Crippen molar-refractivity contribution in [3.8, 4) is 0 Å². The maximum atomic E-state index is 12.7. The van der Waals surface area contributed by atoms with E-state index in [-0.39, 0.29) is 28.9 Å². The van der Waals surface area contributed by atoms with Gasteiger partial charge in [0.15, 0.2) is 15.5 Å². The third-order valence-electron chi connectivity index (χ3n) is 4.69. The highest BCUT2D eigenvalue weighted by atomic mass is 32.2. The standard InChI is InChI=1S/C19H25N3O3S/c1-13-11-17(21-22(13)14-9-10-26(24,25)12-14)18(23)20-16-8-6-5-7-15(16)19(2,3)4/h5-8,11,14H,9-10,12H2,1-4H3,(H,20,23). The summed E-state index contributed by atoms with van der Waals surface area (Å²) in [4.78, 5) is 12.7. The van der Waals surface area contributed by atoms with Crippen LogP contribution in [0.15, 0.2) is 30.3 Å². The lowest BCUT2D eigenvalue weighted by molar-refractivity contribution is 0.102. The van der Waals surface area contributed by atoms with E-state index in [1.54, 1.807) is 10.7 Å². The third kappa shape index (κ3) is 3.82. The summed E-state index contributed by atoms with van der Waals surface area (Å²) in [6.45, 7) is 8.13. The molecule has 2 heterocycles. The van der Waals surface area contributed by atoms with Gasteiger partial charge in [-0.05, 0) is 36.5 Å². The van der Waals surface area contributed by atoms with Crippen LogP contribution in [0.2, 0.25) is 0 Å². The van der Waals surface area contributed by atoms with Gasteiger partial charge in [-0.3, -0.25) is 9.48 Å². The summed E-state index contributed by atoms with van der Waals surface area (Å²) in [5.41, 5.74) is 2.81. The van der Waals surface area contributed by atoms with Crippen LogP contribution in [0.25, 0.3) is 0 Å². The van der Waals surface area contributed by atoms with Crippen LogP contribution in [0.5, 0.6) is 0 Å². The molecule has 1 aliphatic heterocycles. The van der Waals surface area contributed by atoms with E-state index >= 15 is 0 Å². The highest BCUT2D eigenvalue weighted by Gasteiger charge is 2.31. The predicted octanol–water partition coefficient (Wildman–Crippen LogP) is 3.10. The molecule has 3 rings (SSSR count). The number of aryl methyl sites for hydroxylation is 1. The van der Waals surface area contributed by atoms with Crippen LogP contribution in [0.3, 0.4) is 0 Å². The van der Waals surface area contributed by atoms with Crippen LogP contribution in [0, 0.1) is 6.92 Å². The van der Waals surface area contributed by atoms with E-state index in [0.717, 1.165) is 16.9 Å². The number of carbonyl (C=O) groups is 1. The van der Waals surface area contributed by atoms with E-state index in [1.807, 2.05) is 31.2 Å². The number of nitrogens with one attached hydrogen (secondary N) is 1. The molecular weight excluding hydrogens is 350 g/mol. The van der Waals surface area contributed by atoms with Crippen LogP contribution in [-0.4, -0.2) is 35.6 Å². The van der Waals surface area contributed by atoms with Gasteiger partial charge in [-0.25, -0.2) is 8.42 Å². The molecule has 6 nitrogen and oxygen atoms in total. The van der Waals surface area contributed by atoms with E-state index in [4.69, 9.17) is 0 Å². The minimum Gasteiger partial charge on any atom is -0.320 e. The van der Waals surface area contributed by atoms with E-state index in [9.17, 15) is 13.2 Å². The number of nitrogens with zero attached hydrogens (tertiary/aromatic N) is 2. The average molecular weight is 375 g/mol. The monoisotopic (exact) mass is 375 g/mol. The third-order valence-corrected chi connectivity index (χ3v) is 6.44. The zero-order valence-corrected chi connectivity index (χ0v) is 16.4. The quantitative estimate of drug-likeness (QED) is 0.894. The number of aromatic nitrogens is 2. The summed E-state index contributed by atoms with van der Waals surface area (Å²) in [5.74, 6) is -0.0228. The van der Waals surface area contributed by atoms with Gasteiger partial charge in [-0.1, -0.05) is 39.0 Å². The van der Waals surface area contributed by atoms with Crippen molar-refractivity contribution in [2.75, 3.05) is 16.8 Å². The smallest absolute Gasteiger partial charge is 0.276 e. The zero-order valence-electron chi connectivity index (χ0n) is 15.6. The van der Waals surface area contributed by atoms with Gasteiger partial charge < -0.3 is 5.32 Å². The number of carbonyl (C=O) groups excluding carboxylic acids is 1. The number of hydrogen-bond acceptors (Lipinski definition) is 4. The molecule has 0 bridgehead atoms. The van der Waals surface area contributed by atoms with Gasteiger partial charge in [0.2, 0.25) is 0 Å². The summed E-state index contributed by atoms with van der Waals surface area (Å²) in [7, 11) is -3.00. The van der Waals surface area contributed by atoms with Gasteiger partial charge in [-0.15, -0.1) is 0 Å². The Balaban J connectivity index is 1.83. The number of rotatable bonds is 3. The van der Waals surface area contributed by atoms with Gasteiger partial charge in [0, 0.05) is 11.4 Å². The number of anilines is 1. The minimum absolute atomic E-state index is 0.0867. The molecule has 1 aliphatic rings. The Hall–Kier alpha value is -2.15. The second-order valence-corrected chi connectivity index (χ2v) is 10.2. The fourth-order valence-corrected chi connectivity index (χ4v) is 5.06. The molecule has 1 aromatic carbocycles. The number of benzene rings is 1. The van der Waals surface area contributed by atoms with Crippen molar-refractivity contribution in [2.45, 2.75) is 45.6 Å². The van der Waals surface area contributed by atoms with Gasteiger partial charge in [0.05, 0.1) is 17.5 Å². The first-order chi connectivity index (χ1) is 12.1. The molecule has 1 aromatic heterocycles. The Kier molecular flexibility index (Phi) is 4.69. The van der Waals surface area contributed by atoms with Crippen molar-refractivity contribution in [1.29, 1.82) is 0 Å². The first-order valence-electron chi connectivity index (χ1n) is 8.74. The van der Waals surface area contributed by atoms with Crippen molar-refractivity contribution in [3.05, 3.63) is 47.3 Å². The van der Waals surface area contributed by atoms with E-state index < -0.39 is 9.84 Å². The molecule has 26 heavy (non-hydrogen) atoms. The Morgan fingerprint density at radius 1 is 1.27 bits per heavy atom. The number of amides is 1. The molecule has 1 saturated heterocycles. The second-order valence-electron chi connectivity index (χ2n) is 7.92. The fraction of sp³-hybridized carbons (Fsp3) is 0.474. The molecule has 0 radical (unpaired) electrons. The summed E-state index contributed by atoms with van der Waals surface area (Å²) in [5, 5.41) is 7.33. The highest BCUT2D eigenvalue weighted by Crippen LogP contribution is 2.30. The van der Waals surface area contributed by atoms with E-state index in [2.05, 4.69) is 31.2 Å². The molecule has 1 unspecified atom stereocenters. The Labute approximate surface area is 154 Å². The normalized spacial score (nSPS) is 19.5. The molecule has 7 heteroatoms. The minimum atomic E-state index is -3.00. The van der Waals surface area contributed by atoms with Crippen molar-refractivity contribution >= 4 is 21.4 Å². The van der Waals surface area contributed by atoms with Crippen molar-refractivity contribution in [1.82, 2.24) is 9.78 Å². The molecule has 0 aliphatic carbocycles. The molecule has 2 aromatic rings. The van der Waals surface area contributed by atoms with Crippen molar-refractivity contribution in [3.63, 3.8) is 0 Å². The van der Waals surface area contributed by atoms with E-state index in [0.29, 0.717) is 12.1 Å². The summed E-state index contributed by atoms with van der Waals surface area (Å²) in [6, 6.07) is 9.24. The average Bonchev–Trinajstić information content (AvgIpc) is 3.09. The molecule has 140 valence electrons. The van der Waals surface area contributed by atoms with Gasteiger partial charge in [0.25, 0.3) is 5.91 Å². The summed E-state index contributed by atoms with van der Waals surface area (Å²) in [6.07, 6.45) is 0.540. The zero-order chi connectivity index (χ0) is 19.1. The predicted molar refractivity (Wildman–Crippen MR) is 102 cm³/mol. The number of hydrogen-bond donors (Lipinski definition) is 1. The lowest BCUT2D eigenvalue weighted by Gasteiger charge is -2.22. The Bertz CT molecular complexity index is 939. The molecular formula is C19H25N3O3S. The van der Waals surface area contributed by atoms with Crippen LogP contribution < -0.4 is 5.32 Å². The molecule has 1 fully saturated rings. The second kappa shape index (κ2) is 6.54. The van der Waals surface area contributed by atoms with Crippen molar-refractivity contribution < 1.29 is 13.2 Å². The first-order valence-corrected chi connectivity index (χ1v) is 10.6. The number of para-hydroxylation sites is 1. The molecule has 1 amide bonds. The van der Waals surface area contributed by atoms with Gasteiger partial charge >= 0.3 is 0 Å². The molecule has 1 atom stereocenters. The maximum Gasteiger partial charge on any atom is 0.276 e. The van der Waals surface area contributed by atoms with Crippen LogP contribution in [-0.2, 0) is 15.3 Å². The van der Waals surface area contributed by atoms with Crippen molar-refractivity contribution in [2.24, 2.45) is 0 Å². The van der Waals surface area contributed by atoms with Crippen LogP contribution in [0.4, 0.5) is 5.69 Å². The Morgan fingerprint density at radius 2 is 1.96 bits per heavy atom. The first kappa shape index (κ1) is 18.6. The lowest BCUT2D eigenvalue weighted by Crippen LogP contribution is -2.20. The largest absolute Gasteiger partial charge is 0.320 e. The molecule has 1 N–H and O–H groups in total. The highest BCUT2D eigenvalue weighted by molar-refractivity contribution is 7.91. The van der Waals surface area contributed by atoms with Crippen LogP contribution >= 0.6 is 0 Å². The molecule has 0 saturated carbocycles. The Morgan fingerprint density at radius 3 is 2.58 bits per heavy atom. The maximum absolute atomic E-state index is 12.7. The van der Waals surface area contributed by atoms with E-state index in [1.165, 1.54) is 0 Å². The topological polar surface area (TPSA) is 81.1 Å². The summed E-state index contributed by atoms with van der Waals surface area (Å²) < 4.78 is 25.1. The fourth-order valence-electron chi connectivity index (χ4n) is 3.37. The lowest BCUT2D eigenvalue weighted by atomic mass is 9.86. The van der Waals surface area contributed by atoms with Crippen LogP contribution in [0.1, 0.15) is 55.0 Å².